The van der Waals surface area contributed by atoms with Crippen LogP contribution >= 0.6 is 0 Å². The van der Waals surface area contributed by atoms with Crippen LogP contribution in [0.4, 0.5) is 0 Å². The third-order valence-corrected chi connectivity index (χ3v) is 7.94. The predicted octanol–water partition coefficient (Wildman–Crippen LogP) is 3.09. The minimum Gasteiger partial charge on any atom is -0.342 e. The lowest BCUT2D eigenvalue weighted by molar-refractivity contribution is 0.0791. The number of nitrogens with zero attached hydrogens (tertiary/aromatic N) is 3. The molecule has 1 fully saturated rings. The molecule has 0 bridgehead atoms. The number of amides is 2. The molecule has 2 heterocycles. The van der Waals surface area contributed by atoms with Crippen LogP contribution in [0.25, 0.3) is 11.3 Å². The molecule has 2 aromatic carbocycles. The van der Waals surface area contributed by atoms with Crippen LogP contribution in [0, 0.1) is 0 Å². The Kier molecular flexibility index (Phi) is 5.28. The number of benzene rings is 2. The van der Waals surface area contributed by atoms with Crippen LogP contribution in [0.3, 0.4) is 0 Å². The molecule has 1 N–H and O–H groups in total. The average Bonchev–Trinajstić information content (AvgIpc) is 3.49. The van der Waals surface area contributed by atoms with Crippen molar-refractivity contribution in [1.82, 2.24) is 19.4 Å². The standard InChI is InChI=1S/C24H24N4O4S/c1-27(13-5-8-18-15-21(26-25-18)16-6-3-2-4-7-16)23(29)17-9-12-20-22(14-17)33(31,32)28(24(20)30)19-10-11-19/h2-4,6-7,9,12,14-15,19H,5,8,10-11,13H2,1H3,(H,25,26). The van der Waals surface area contributed by atoms with Crippen molar-refractivity contribution in [3.05, 3.63) is 71.4 Å². The Balaban J connectivity index is 1.23. The van der Waals surface area contributed by atoms with Gasteiger partial charge in [0.25, 0.3) is 21.8 Å². The highest BCUT2D eigenvalue weighted by molar-refractivity contribution is 7.90. The van der Waals surface area contributed by atoms with Crippen molar-refractivity contribution < 1.29 is 18.0 Å². The SMILES string of the molecule is CN(CCCc1cc(-c2ccccc2)n[nH]1)C(=O)c1ccc2c(c1)S(=O)(=O)N(C1CC1)C2=O. The maximum Gasteiger partial charge on any atom is 0.269 e. The Morgan fingerprint density at radius 3 is 2.64 bits per heavy atom. The van der Waals surface area contributed by atoms with Crippen LogP contribution in [0.1, 0.15) is 45.7 Å². The Morgan fingerprint density at radius 2 is 1.91 bits per heavy atom. The summed E-state index contributed by atoms with van der Waals surface area (Å²) >= 11 is 0. The zero-order chi connectivity index (χ0) is 23.2. The van der Waals surface area contributed by atoms with E-state index >= 15 is 0 Å². The molecule has 0 spiro atoms. The average molecular weight is 465 g/mol. The zero-order valence-electron chi connectivity index (χ0n) is 18.2. The summed E-state index contributed by atoms with van der Waals surface area (Å²) in [6.45, 7) is 0.496. The van der Waals surface area contributed by atoms with Crippen molar-refractivity contribution in [3.63, 3.8) is 0 Å². The van der Waals surface area contributed by atoms with Gasteiger partial charge in [-0.15, -0.1) is 0 Å². The number of carbonyl (C=O) groups excluding carboxylic acids is 2. The molecule has 8 nitrogen and oxygen atoms in total. The van der Waals surface area contributed by atoms with Crippen molar-refractivity contribution in [2.75, 3.05) is 13.6 Å². The molecule has 0 unspecified atom stereocenters. The number of aromatic amines is 1. The van der Waals surface area contributed by atoms with Crippen LogP contribution in [-0.4, -0.2) is 59.3 Å². The number of aromatic nitrogens is 2. The lowest BCUT2D eigenvalue weighted by atomic mass is 10.1. The monoisotopic (exact) mass is 464 g/mol. The summed E-state index contributed by atoms with van der Waals surface area (Å²) < 4.78 is 26.6. The fourth-order valence-electron chi connectivity index (χ4n) is 4.13. The number of carbonyl (C=O) groups is 2. The van der Waals surface area contributed by atoms with Gasteiger partial charge in [0, 0.05) is 36.5 Å². The molecule has 0 atom stereocenters. The molecule has 0 radical (unpaired) electrons. The van der Waals surface area contributed by atoms with Crippen molar-refractivity contribution in [1.29, 1.82) is 0 Å². The van der Waals surface area contributed by atoms with Gasteiger partial charge < -0.3 is 4.90 Å². The van der Waals surface area contributed by atoms with Crippen LogP contribution < -0.4 is 0 Å². The minimum atomic E-state index is -3.89. The topological polar surface area (TPSA) is 103 Å². The van der Waals surface area contributed by atoms with Gasteiger partial charge in [0.05, 0.1) is 11.3 Å². The van der Waals surface area contributed by atoms with Crippen LogP contribution in [0.15, 0.2) is 59.5 Å². The number of aryl methyl sites for hydroxylation is 1. The Labute approximate surface area is 192 Å². The van der Waals surface area contributed by atoms with E-state index in [4.69, 9.17) is 0 Å². The van der Waals surface area contributed by atoms with Gasteiger partial charge >= 0.3 is 0 Å². The normalized spacial score (nSPS) is 16.6. The maximum atomic E-state index is 12.9. The highest BCUT2D eigenvalue weighted by atomic mass is 32.2. The molecular weight excluding hydrogens is 440 g/mol. The van der Waals surface area contributed by atoms with Gasteiger partial charge in [-0.1, -0.05) is 30.3 Å². The van der Waals surface area contributed by atoms with Gasteiger partial charge in [0.2, 0.25) is 0 Å². The van der Waals surface area contributed by atoms with E-state index in [1.54, 1.807) is 11.9 Å². The van der Waals surface area contributed by atoms with Crippen LogP contribution in [-0.2, 0) is 16.4 Å². The fraction of sp³-hybridized carbons (Fsp3) is 0.292. The van der Waals surface area contributed by atoms with Crippen LogP contribution in [0.2, 0.25) is 0 Å². The first-order valence-electron chi connectivity index (χ1n) is 10.9. The van der Waals surface area contributed by atoms with Gasteiger partial charge in [-0.3, -0.25) is 14.7 Å². The van der Waals surface area contributed by atoms with Gasteiger partial charge in [-0.05, 0) is 49.9 Å². The van der Waals surface area contributed by atoms with E-state index in [9.17, 15) is 18.0 Å². The minimum absolute atomic E-state index is 0.0652. The zero-order valence-corrected chi connectivity index (χ0v) is 19.0. The number of H-pyrrole nitrogens is 1. The van der Waals surface area contributed by atoms with E-state index in [2.05, 4.69) is 10.2 Å². The molecule has 2 aliphatic rings. The Hall–Kier alpha value is -3.46. The number of hydrogen-bond acceptors (Lipinski definition) is 5. The summed E-state index contributed by atoms with van der Waals surface area (Å²) in [5, 5.41) is 7.39. The number of fused-ring (bicyclic) bond motifs is 1. The number of hydrogen-bond donors (Lipinski definition) is 1. The quantitative estimate of drug-likeness (QED) is 0.579. The first-order chi connectivity index (χ1) is 15.9. The second-order valence-electron chi connectivity index (χ2n) is 8.52. The van der Waals surface area contributed by atoms with Gasteiger partial charge in [0.15, 0.2) is 0 Å². The lowest BCUT2D eigenvalue weighted by Crippen LogP contribution is -2.32. The molecule has 2 amide bonds. The van der Waals surface area contributed by atoms with E-state index in [1.165, 1.54) is 18.2 Å². The third kappa shape index (κ3) is 3.93. The van der Waals surface area contributed by atoms with Crippen LogP contribution in [0.5, 0.6) is 0 Å². The van der Waals surface area contributed by atoms with E-state index in [0.29, 0.717) is 19.4 Å². The summed E-state index contributed by atoms with van der Waals surface area (Å²) in [4.78, 5) is 26.9. The molecule has 33 heavy (non-hydrogen) atoms. The molecule has 1 aromatic heterocycles. The molecule has 1 aliphatic carbocycles. The van der Waals surface area contributed by atoms with Gasteiger partial charge in [-0.25, -0.2) is 12.7 Å². The number of nitrogens with one attached hydrogen (secondary N) is 1. The highest BCUT2D eigenvalue weighted by Crippen LogP contribution is 2.39. The summed E-state index contributed by atoms with van der Waals surface area (Å²) in [6.07, 6.45) is 2.82. The lowest BCUT2D eigenvalue weighted by Gasteiger charge is -2.17. The molecule has 3 aromatic rings. The van der Waals surface area contributed by atoms with E-state index < -0.39 is 15.9 Å². The Bertz CT molecular complexity index is 1330. The summed E-state index contributed by atoms with van der Waals surface area (Å²) in [7, 11) is -2.20. The molecule has 170 valence electrons. The third-order valence-electron chi connectivity index (χ3n) is 6.06. The largest absolute Gasteiger partial charge is 0.342 e. The molecular formula is C24H24N4O4S. The van der Waals surface area contributed by atoms with Crippen molar-refractivity contribution >= 4 is 21.8 Å². The smallest absolute Gasteiger partial charge is 0.269 e. The first kappa shape index (κ1) is 21.4. The van der Waals surface area contributed by atoms with Gasteiger partial charge in [-0.2, -0.15) is 5.10 Å². The van der Waals surface area contributed by atoms with Crippen molar-refractivity contribution in [2.24, 2.45) is 0 Å². The highest BCUT2D eigenvalue weighted by Gasteiger charge is 2.48. The number of sulfonamides is 1. The first-order valence-corrected chi connectivity index (χ1v) is 12.4. The van der Waals surface area contributed by atoms with E-state index in [0.717, 1.165) is 34.1 Å². The summed E-state index contributed by atoms with van der Waals surface area (Å²) in [5.41, 5.74) is 3.31. The molecule has 1 saturated carbocycles. The van der Waals surface area contributed by atoms with Crippen molar-refractivity contribution in [2.45, 2.75) is 36.6 Å². The Morgan fingerprint density at radius 1 is 1.15 bits per heavy atom. The van der Waals surface area contributed by atoms with Gasteiger partial charge in [0.1, 0.15) is 4.90 Å². The second kappa shape index (κ2) is 8.15. The van der Waals surface area contributed by atoms with E-state index in [-0.39, 0.29) is 28.0 Å². The molecule has 1 aliphatic heterocycles. The molecule has 0 saturated heterocycles. The predicted molar refractivity (Wildman–Crippen MR) is 122 cm³/mol. The molecule has 5 rings (SSSR count). The maximum absolute atomic E-state index is 12.9. The fourth-order valence-corrected chi connectivity index (χ4v) is 5.97. The summed E-state index contributed by atoms with van der Waals surface area (Å²) in [6, 6.07) is 16.0. The van der Waals surface area contributed by atoms with E-state index in [1.807, 2.05) is 36.4 Å². The second-order valence-corrected chi connectivity index (χ2v) is 10.3. The van der Waals surface area contributed by atoms with Crippen molar-refractivity contribution in [3.8, 4) is 11.3 Å². The summed E-state index contributed by atoms with van der Waals surface area (Å²) in [5.74, 6) is -0.769. The molecule has 9 heteroatoms. The number of rotatable bonds is 7.